The third-order valence-corrected chi connectivity index (χ3v) is 6.11. The minimum absolute atomic E-state index is 0.219. The van der Waals surface area contributed by atoms with Crippen LogP contribution in [-0.4, -0.2) is 47.3 Å². The van der Waals surface area contributed by atoms with Gasteiger partial charge in [0.05, 0.1) is 23.7 Å². The van der Waals surface area contributed by atoms with E-state index in [0.717, 1.165) is 49.0 Å². The zero-order valence-electron chi connectivity index (χ0n) is 16.9. The van der Waals surface area contributed by atoms with Gasteiger partial charge in [0.25, 0.3) is 0 Å². The van der Waals surface area contributed by atoms with Crippen LogP contribution in [0.1, 0.15) is 37.3 Å². The lowest BCUT2D eigenvalue weighted by atomic mass is 9.78. The number of rotatable bonds is 7. The Labute approximate surface area is 169 Å². The van der Waals surface area contributed by atoms with Crippen LogP contribution in [0.4, 0.5) is 0 Å². The topological polar surface area (TPSA) is 94.4 Å². The molecule has 1 atom stereocenters. The number of para-hydroxylation sites is 1. The highest BCUT2D eigenvalue weighted by molar-refractivity contribution is 6.00. The van der Waals surface area contributed by atoms with Crippen molar-refractivity contribution < 1.29 is 14.3 Å². The van der Waals surface area contributed by atoms with Gasteiger partial charge in [-0.3, -0.25) is 24.0 Å². The predicted octanol–water partition coefficient (Wildman–Crippen LogP) is 0.875. The highest BCUT2D eigenvalue weighted by atomic mass is 16.5. The molecule has 2 aliphatic rings. The van der Waals surface area contributed by atoms with Gasteiger partial charge in [0.15, 0.2) is 0 Å². The monoisotopic (exact) mass is 400 g/mol. The summed E-state index contributed by atoms with van der Waals surface area (Å²) in [6, 6.07) is 5.24. The van der Waals surface area contributed by atoms with Crippen molar-refractivity contribution in [3.63, 3.8) is 0 Å². The van der Waals surface area contributed by atoms with E-state index in [1.54, 1.807) is 16.2 Å². The molecule has 0 bridgehead atoms. The Morgan fingerprint density at radius 3 is 2.76 bits per heavy atom. The van der Waals surface area contributed by atoms with E-state index in [2.05, 4.69) is 16.7 Å². The molecule has 29 heavy (non-hydrogen) atoms. The van der Waals surface area contributed by atoms with Crippen molar-refractivity contribution in [2.75, 3.05) is 20.2 Å². The minimum Gasteiger partial charge on any atom is -0.377 e. The van der Waals surface area contributed by atoms with Crippen LogP contribution in [0.25, 0.3) is 11.0 Å². The van der Waals surface area contributed by atoms with Gasteiger partial charge >= 0.3 is 5.69 Å². The number of imide groups is 1. The molecule has 2 aromatic rings. The van der Waals surface area contributed by atoms with Crippen molar-refractivity contribution >= 4 is 22.8 Å². The maximum absolute atomic E-state index is 13.0. The summed E-state index contributed by atoms with van der Waals surface area (Å²) in [5, 5.41) is 5.44. The average Bonchev–Trinajstić information content (AvgIpc) is 2.91. The molecule has 2 amide bonds. The summed E-state index contributed by atoms with van der Waals surface area (Å²) in [7, 11) is 3.67. The largest absolute Gasteiger partial charge is 0.377 e. The lowest BCUT2D eigenvalue weighted by Crippen LogP contribution is -2.44. The van der Waals surface area contributed by atoms with E-state index in [-0.39, 0.29) is 18.0 Å². The lowest BCUT2D eigenvalue weighted by Gasteiger charge is -2.35. The molecular formula is C21H28N4O4. The molecule has 1 aromatic carbocycles. The molecule has 0 spiro atoms. The third kappa shape index (κ3) is 3.74. The highest BCUT2D eigenvalue weighted by Gasteiger charge is 2.33. The molecular weight excluding hydrogens is 372 g/mol. The number of nitrogens with one attached hydrogen (secondary N) is 2. The Morgan fingerprint density at radius 1 is 1.24 bits per heavy atom. The zero-order chi connectivity index (χ0) is 20.5. The van der Waals surface area contributed by atoms with Crippen molar-refractivity contribution in [3.8, 4) is 0 Å². The molecule has 2 heterocycles. The van der Waals surface area contributed by atoms with Gasteiger partial charge in [-0.2, -0.15) is 0 Å². The average molecular weight is 400 g/mol. The summed E-state index contributed by atoms with van der Waals surface area (Å²) in [5.41, 5.74) is 2.53. The standard InChI is InChI=1S/C21H28N4O4/c1-22-8-9-29-15-11-13(12-15)10-14-4-3-5-16-19(14)24(2)21(28)25(16)17-6-7-18(26)23-20(17)27/h3-5,13,15,17,22H,6-12H2,1-2H3,(H,23,26,27)/t13-,15-,17?. The first-order valence-electron chi connectivity index (χ1n) is 10.3. The fourth-order valence-corrected chi connectivity index (χ4v) is 4.53. The van der Waals surface area contributed by atoms with E-state index in [9.17, 15) is 14.4 Å². The molecule has 1 saturated heterocycles. The molecule has 1 saturated carbocycles. The molecule has 2 N–H and O–H groups in total. The summed E-state index contributed by atoms with van der Waals surface area (Å²) in [6.07, 6.45) is 3.86. The Morgan fingerprint density at radius 2 is 2.03 bits per heavy atom. The van der Waals surface area contributed by atoms with Crippen LogP contribution in [-0.2, 0) is 27.8 Å². The van der Waals surface area contributed by atoms with Gasteiger partial charge in [-0.15, -0.1) is 0 Å². The zero-order valence-corrected chi connectivity index (χ0v) is 16.9. The number of amides is 2. The van der Waals surface area contributed by atoms with Crippen LogP contribution in [0, 0.1) is 5.92 Å². The van der Waals surface area contributed by atoms with Gasteiger partial charge in [-0.25, -0.2) is 4.79 Å². The predicted molar refractivity (Wildman–Crippen MR) is 109 cm³/mol. The highest BCUT2D eigenvalue weighted by Crippen LogP contribution is 2.35. The number of fused-ring (bicyclic) bond motifs is 1. The minimum atomic E-state index is -0.646. The van der Waals surface area contributed by atoms with E-state index in [0.29, 0.717) is 18.4 Å². The first kappa shape index (κ1) is 19.8. The molecule has 1 aromatic heterocycles. The van der Waals surface area contributed by atoms with Gasteiger partial charge in [0.1, 0.15) is 6.04 Å². The van der Waals surface area contributed by atoms with E-state index in [1.807, 2.05) is 19.2 Å². The molecule has 8 nitrogen and oxygen atoms in total. The fraction of sp³-hybridized carbons (Fsp3) is 0.571. The fourth-order valence-electron chi connectivity index (χ4n) is 4.53. The van der Waals surface area contributed by atoms with Crippen molar-refractivity contribution in [2.45, 2.75) is 44.2 Å². The van der Waals surface area contributed by atoms with E-state index in [1.165, 1.54) is 0 Å². The normalized spacial score (nSPS) is 24.6. The van der Waals surface area contributed by atoms with Gasteiger partial charge in [0, 0.05) is 20.0 Å². The van der Waals surface area contributed by atoms with Crippen molar-refractivity contribution in [3.05, 3.63) is 34.2 Å². The van der Waals surface area contributed by atoms with Crippen molar-refractivity contribution in [1.29, 1.82) is 0 Å². The number of hydrogen-bond acceptors (Lipinski definition) is 5. The summed E-state index contributed by atoms with van der Waals surface area (Å²) >= 11 is 0. The second-order valence-corrected chi connectivity index (χ2v) is 8.10. The molecule has 8 heteroatoms. The summed E-state index contributed by atoms with van der Waals surface area (Å²) in [6.45, 7) is 1.59. The van der Waals surface area contributed by atoms with E-state index in [4.69, 9.17) is 4.74 Å². The molecule has 1 aliphatic heterocycles. The number of imidazole rings is 1. The number of piperidine rings is 1. The number of ether oxygens (including phenoxy) is 1. The van der Waals surface area contributed by atoms with Crippen LogP contribution in [0.3, 0.4) is 0 Å². The van der Waals surface area contributed by atoms with Crippen molar-refractivity contribution in [1.82, 2.24) is 19.8 Å². The molecule has 2 fully saturated rings. The van der Waals surface area contributed by atoms with Gasteiger partial charge in [-0.05, 0) is 50.3 Å². The van der Waals surface area contributed by atoms with Gasteiger partial charge < -0.3 is 10.1 Å². The Kier molecular flexibility index (Phi) is 5.56. The SMILES string of the molecule is CNCCO[C@H]1C[C@H](Cc2cccc3c2n(C)c(=O)n3C2CCC(=O)NC2=O)C1. The molecule has 4 rings (SSSR count). The number of benzene rings is 1. The third-order valence-electron chi connectivity index (χ3n) is 6.11. The number of likely N-dealkylation sites (N-methyl/N-ethyl adjacent to an activating group) is 1. The molecule has 1 aliphatic carbocycles. The Balaban J connectivity index is 1.56. The second-order valence-electron chi connectivity index (χ2n) is 8.10. The summed E-state index contributed by atoms with van der Waals surface area (Å²) in [4.78, 5) is 36.8. The number of carbonyl (C=O) groups is 2. The second kappa shape index (κ2) is 8.12. The number of hydrogen-bond donors (Lipinski definition) is 2. The molecule has 0 radical (unpaired) electrons. The van der Waals surface area contributed by atoms with Crippen LogP contribution < -0.4 is 16.3 Å². The molecule has 156 valence electrons. The smallest absolute Gasteiger partial charge is 0.329 e. The number of aryl methyl sites for hydroxylation is 1. The van der Waals surface area contributed by atoms with Crippen molar-refractivity contribution in [2.24, 2.45) is 13.0 Å². The molecule has 1 unspecified atom stereocenters. The lowest BCUT2D eigenvalue weighted by molar-refractivity contribution is -0.135. The van der Waals surface area contributed by atoms with Gasteiger partial charge in [0.2, 0.25) is 11.8 Å². The van der Waals surface area contributed by atoms with Crippen LogP contribution in [0.2, 0.25) is 0 Å². The van der Waals surface area contributed by atoms with Gasteiger partial charge in [-0.1, -0.05) is 12.1 Å². The number of carbonyl (C=O) groups excluding carboxylic acids is 2. The van der Waals surface area contributed by atoms with E-state index < -0.39 is 11.9 Å². The van der Waals surface area contributed by atoms with E-state index >= 15 is 0 Å². The summed E-state index contributed by atoms with van der Waals surface area (Å²) in [5.74, 6) is -0.146. The Hall–Kier alpha value is -2.45. The first-order valence-corrected chi connectivity index (χ1v) is 10.3. The van der Waals surface area contributed by atoms with Crippen LogP contribution >= 0.6 is 0 Å². The maximum Gasteiger partial charge on any atom is 0.329 e. The Bertz CT molecular complexity index is 986. The first-order chi connectivity index (χ1) is 14.0. The quantitative estimate of drug-likeness (QED) is 0.531. The summed E-state index contributed by atoms with van der Waals surface area (Å²) < 4.78 is 9.01. The van der Waals surface area contributed by atoms with Crippen LogP contribution in [0.15, 0.2) is 23.0 Å². The maximum atomic E-state index is 13.0. The number of nitrogens with zero attached hydrogens (tertiary/aromatic N) is 2. The number of aromatic nitrogens is 2. The van der Waals surface area contributed by atoms with Crippen LogP contribution in [0.5, 0.6) is 0 Å².